The SMILES string of the molecule is Cc1cc2c3c(c1)N(c1cc4c(cc1C)C(C)(C)CC4(C)C)c1cc4c(cc1B3c1cc(C(C)(C)C)ccc1N2c1cc(-c2ccccc2)ccc1C)C(C)(C)CCC4(C)C. The second-order valence-electron chi connectivity index (χ2n) is 23.1. The summed E-state index contributed by atoms with van der Waals surface area (Å²) in [6.45, 7) is 33.9. The van der Waals surface area contributed by atoms with Crippen LogP contribution in [0.15, 0.2) is 103 Å². The van der Waals surface area contributed by atoms with Gasteiger partial charge in [-0.15, -0.1) is 0 Å². The monoisotopic (exact) mass is 801 g/mol. The molecule has 0 saturated carbocycles. The average Bonchev–Trinajstić information content (AvgIpc) is 3.37. The number of anilines is 6. The van der Waals surface area contributed by atoms with E-state index in [1.54, 1.807) is 0 Å². The molecule has 0 amide bonds. The molecule has 0 bridgehead atoms. The minimum Gasteiger partial charge on any atom is -0.311 e. The Morgan fingerprint density at radius 1 is 0.459 bits per heavy atom. The molecule has 2 heterocycles. The van der Waals surface area contributed by atoms with Gasteiger partial charge in [-0.3, -0.25) is 0 Å². The maximum Gasteiger partial charge on any atom is 0.252 e. The summed E-state index contributed by atoms with van der Waals surface area (Å²) >= 11 is 0. The first-order valence-electron chi connectivity index (χ1n) is 23.0. The van der Waals surface area contributed by atoms with Gasteiger partial charge < -0.3 is 9.80 Å². The van der Waals surface area contributed by atoms with Crippen molar-refractivity contribution in [2.75, 3.05) is 9.80 Å². The molecule has 61 heavy (non-hydrogen) atoms. The molecule has 0 aromatic heterocycles. The maximum absolute atomic E-state index is 2.72. The number of rotatable bonds is 3. The Bertz CT molecular complexity index is 2810. The van der Waals surface area contributed by atoms with Gasteiger partial charge in [-0.2, -0.15) is 0 Å². The van der Waals surface area contributed by atoms with Crippen molar-refractivity contribution in [3.8, 4) is 11.1 Å². The van der Waals surface area contributed by atoms with Crippen LogP contribution >= 0.6 is 0 Å². The van der Waals surface area contributed by atoms with E-state index in [-0.39, 0.29) is 33.8 Å². The summed E-state index contributed by atoms with van der Waals surface area (Å²) in [6, 6.07) is 40.8. The average molecular weight is 801 g/mol. The highest BCUT2D eigenvalue weighted by Crippen LogP contribution is 2.55. The highest BCUT2D eigenvalue weighted by molar-refractivity contribution is 7.00. The smallest absolute Gasteiger partial charge is 0.252 e. The van der Waals surface area contributed by atoms with Crippen LogP contribution in [0.3, 0.4) is 0 Å². The number of aryl methyl sites for hydroxylation is 3. The largest absolute Gasteiger partial charge is 0.311 e. The zero-order valence-electron chi connectivity index (χ0n) is 39.4. The molecule has 0 unspecified atom stereocenters. The van der Waals surface area contributed by atoms with Crippen LogP contribution < -0.4 is 26.2 Å². The first-order valence-corrected chi connectivity index (χ1v) is 23.0. The normalized spacial score (nSPS) is 18.6. The van der Waals surface area contributed by atoms with E-state index < -0.39 is 0 Å². The molecule has 6 aromatic rings. The van der Waals surface area contributed by atoms with E-state index in [1.807, 2.05) is 0 Å². The minimum absolute atomic E-state index is 0.00705. The van der Waals surface area contributed by atoms with Gasteiger partial charge in [-0.1, -0.05) is 143 Å². The zero-order valence-corrected chi connectivity index (χ0v) is 39.4. The molecule has 2 aliphatic heterocycles. The van der Waals surface area contributed by atoms with Crippen molar-refractivity contribution < 1.29 is 0 Å². The number of fused-ring (bicyclic) bond motifs is 6. The van der Waals surface area contributed by atoms with Crippen LogP contribution in [-0.2, 0) is 27.1 Å². The van der Waals surface area contributed by atoms with Crippen molar-refractivity contribution in [3.05, 3.63) is 148 Å². The first-order chi connectivity index (χ1) is 28.6. The number of nitrogens with zero attached hydrogens (tertiary/aromatic N) is 2. The lowest BCUT2D eigenvalue weighted by molar-refractivity contribution is 0.332. The fourth-order valence-electron chi connectivity index (χ4n) is 12.2. The summed E-state index contributed by atoms with van der Waals surface area (Å²) in [5.41, 5.74) is 26.2. The number of benzene rings is 6. The van der Waals surface area contributed by atoms with Crippen LogP contribution in [0.25, 0.3) is 11.1 Å². The summed E-state index contributed by atoms with van der Waals surface area (Å²) < 4.78 is 0. The summed E-state index contributed by atoms with van der Waals surface area (Å²) in [5, 5.41) is 0. The molecule has 10 rings (SSSR count). The van der Waals surface area contributed by atoms with Crippen LogP contribution in [0.2, 0.25) is 0 Å². The Hall–Kier alpha value is -5.02. The minimum atomic E-state index is -0.00705. The van der Waals surface area contributed by atoms with Gasteiger partial charge in [0.1, 0.15) is 0 Å². The summed E-state index contributed by atoms with van der Waals surface area (Å²) in [7, 11) is 0. The molecular weight excluding hydrogens is 735 g/mol. The lowest BCUT2D eigenvalue weighted by Crippen LogP contribution is -2.62. The first kappa shape index (κ1) is 40.1. The van der Waals surface area contributed by atoms with Crippen LogP contribution in [0.1, 0.15) is 140 Å². The van der Waals surface area contributed by atoms with Crippen LogP contribution in [0, 0.1) is 20.8 Å². The third-order valence-electron chi connectivity index (χ3n) is 15.5. The molecule has 0 fully saturated rings. The highest BCUT2D eigenvalue weighted by atomic mass is 15.2. The molecule has 0 N–H and O–H groups in total. The van der Waals surface area contributed by atoms with Crippen molar-refractivity contribution in [2.24, 2.45) is 0 Å². The van der Waals surface area contributed by atoms with Crippen LogP contribution in [0.5, 0.6) is 0 Å². The third-order valence-corrected chi connectivity index (χ3v) is 15.5. The standard InChI is InChI=1S/C58H65BN2/c1-35-26-51-53-52(27-35)61(49-32-44-41(28-37(49)3)57(11,12)34-58(44,13)14)50-33-43-42(55(7,8)24-25-56(43,9)10)31-46(50)59(53)45-30-40(54(4,5)6)22-23-47(45)60(51)48-29-39(21-20-36(48)2)38-18-16-15-17-19-38/h15-23,26-33H,24-25,34H2,1-14H3. The maximum atomic E-state index is 2.72. The van der Waals surface area contributed by atoms with Gasteiger partial charge in [0.15, 0.2) is 0 Å². The Balaban J connectivity index is 1.34. The molecule has 0 saturated heterocycles. The molecule has 3 heteroatoms. The predicted octanol–water partition coefficient (Wildman–Crippen LogP) is 14.0. The van der Waals surface area contributed by atoms with E-state index in [2.05, 4.69) is 210 Å². The zero-order chi connectivity index (χ0) is 43.3. The van der Waals surface area contributed by atoms with Crippen LogP contribution in [-0.4, -0.2) is 6.71 Å². The molecular formula is C58H65BN2. The Kier molecular flexibility index (Phi) is 8.55. The second-order valence-corrected chi connectivity index (χ2v) is 23.1. The number of hydrogen-bond donors (Lipinski definition) is 0. The van der Waals surface area contributed by atoms with Crippen molar-refractivity contribution in [2.45, 2.75) is 143 Å². The van der Waals surface area contributed by atoms with Crippen molar-refractivity contribution in [1.82, 2.24) is 0 Å². The molecule has 4 aliphatic rings. The molecule has 310 valence electrons. The van der Waals surface area contributed by atoms with Crippen molar-refractivity contribution in [3.63, 3.8) is 0 Å². The van der Waals surface area contributed by atoms with E-state index in [9.17, 15) is 0 Å². The molecule has 6 aromatic carbocycles. The highest BCUT2D eigenvalue weighted by Gasteiger charge is 2.48. The van der Waals surface area contributed by atoms with E-state index in [0.717, 1.165) is 6.42 Å². The third kappa shape index (κ3) is 6.03. The van der Waals surface area contributed by atoms with Crippen LogP contribution in [0.4, 0.5) is 34.1 Å². The lowest BCUT2D eigenvalue weighted by Gasteiger charge is -2.48. The Labute approximate surface area is 367 Å². The summed E-state index contributed by atoms with van der Waals surface area (Å²) in [5.74, 6) is 0. The number of hydrogen-bond acceptors (Lipinski definition) is 2. The topological polar surface area (TPSA) is 6.48 Å². The molecule has 0 atom stereocenters. The molecule has 2 nitrogen and oxygen atoms in total. The Morgan fingerprint density at radius 2 is 1.00 bits per heavy atom. The molecule has 2 aliphatic carbocycles. The summed E-state index contributed by atoms with van der Waals surface area (Å²) in [6.07, 6.45) is 3.52. The van der Waals surface area contributed by atoms with Crippen molar-refractivity contribution in [1.29, 1.82) is 0 Å². The van der Waals surface area contributed by atoms with Gasteiger partial charge in [-0.05, 0) is 176 Å². The van der Waals surface area contributed by atoms with Gasteiger partial charge in [0.05, 0.1) is 0 Å². The predicted molar refractivity (Wildman–Crippen MR) is 265 cm³/mol. The van der Waals surface area contributed by atoms with Gasteiger partial charge in [-0.25, -0.2) is 0 Å². The van der Waals surface area contributed by atoms with Gasteiger partial charge in [0.2, 0.25) is 0 Å². The summed E-state index contributed by atoms with van der Waals surface area (Å²) in [4.78, 5) is 5.35. The fraction of sp³-hybridized carbons (Fsp3) is 0.379. The molecule has 0 radical (unpaired) electrons. The molecule has 0 spiro atoms. The fourth-order valence-corrected chi connectivity index (χ4v) is 12.2. The Morgan fingerprint density at radius 3 is 1.64 bits per heavy atom. The quantitative estimate of drug-likeness (QED) is 0.164. The van der Waals surface area contributed by atoms with E-state index >= 15 is 0 Å². The lowest BCUT2D eigenvalue weighted by atomic mass is 9.33. The van der Waals surface area contributed by atoms with E-state index in [4.69, 9.17) is 0 Å². The van der Waals surface area contributed by atoms with E-state index in [0.29, 0.717) is 0 Å². The second kappa shape index (κ2) is 13.0. The van der Waals surface area contributed by atoms with Crippen molar-refractivity contribution >= 4 is 57.2 Å². The van der Waals surface area contributed by atoms with Gasteiger partial charge >= 0.3 is 0 Å². The van der Waals surface area contributed by atoms with Gasteiger partial charge in [0, 0.05) is 34.1 Å². The van der Waals surface area contributed by atoms with E-state index in [1.165, 1.54) is 119 Å². The van der Waals surface area contributed by atoms with Gasteiger partial charge in [0.25, 0.3) is 6.71 Å².